The first kappa shape index (κ1) is 17.0. The molecule has 1 saturated heterocycles. The van der Waals surface area contributed by atoms with Crippen LogP contribution in [-0.2, 0) is 21.2 Å². The summed E-state index contributed by atoms with van der Waals surface area (Å²) >= 11 is 1.39. The van der Waals surface area contributed by atoms with E-state index in [9.17, 15) is 13.2 Å². The molecule has 1 aliphatic heterocycles. The van der Waals surface area contributed by atoms with Gasteiger partial charge < -0.3 is 9.84 Å². The lowest BCUT2D eigenvalue weighted by Crippen LogP contribution is -2.25. The van der Waals surface area contributed by atoms with E-state index in [1.54, 1.807) is 6.07 Å². The third-order valence-corrected chi connectivity index (χ3v) is 7.01. The lowest BCUT2D eigenvalue weighted by molar-refractivity contribution is -0.118. The number of aromatic nitrogens is 1. The average Bonchev–Trinajstić information content (AvgIpc) is 3.18. The van der Waals surface area contributed by atoms with Gasteiger partial charge in [-0.2, -0.15) is 0 Å². The van der Waals surface area contributed by atoms with Crippen LogP contribution in [-0.4, -0.2) is 42.0 Å². The highest BCUT2D eigenvalue weighted by atomic mass is 32.2. The summed E-state index contributed by atoms with van der Waals surface area (Å²) in [4.78, 5) is 11.9. The van der Waals surface area contributed by atoms with E-state index in [2.05, 4.69) is 10.5 Å². The Balaban J connectivity index is 1.44. The Morgan fingerprint density at radius 3 is 2.83 bits per heavy atom. The van der Waals surface area contributed by atoms with Crippen LogP contribution in [0.25, 0.3) is 11.3 Å². The van der Waals surface area contributed by atoms with Crippen LogP contribution in [0, 0.1) is 0 Å². The summed E-state index contributed by atoms with van der Waals surface area (Å²) in [6.45, 7) is 0.266. The minimum atomic E-state index is -2.90. The molecular formula is C16H18N2O4S2. The van der Waals surface area contributed by atoms with Gasteiger partial charge in [0.05, 0.1) is 23.8 Å². The molecule has 0 saturated carbocycles. The van der Waals surface area contributed by atoms with Crippen molar-refractivity contribution < 1.29 is 17.7 Å². The molecule has 0 aliphatic carbocycles. The molecule has 2 heterocycles. The minimum absolute atomic E-state index is 0.0238. The molecule has 0 unspecified atom stereocenters. The van der Waals surface area contributed by atoms with Crippen LogP contribution in [0.2, 0.25) is 0 Å². The number of benzene rings is 1. The van der Waals surface area contributed by atoms with Crippen molar-refractivity contribution in [2.45, 2.75) is 18.2 Å². The van der Waals surface area contributed by atoms with Crippen LogP contribution in [0.15, 0.2) is 40.9 Å². The van der Waals surface area contributed by atoms with Crippen molar-refractivity contribution in [3.05, 3.63) is 42.2 Å². The number of hydrogen-bond acceptors (Lipinski definition) is 6. The van der Waals surface area contributed by atoms with Gasteiger partial charge in [0.15, 0.2) is 15.6 Å². The monoisotopic (exact) mass is 366 g/mol. The highest BCUT2D eigenvalue weighted by molar-refractivity contribution is 8.02. The molecule has 6 nitrogen and oxygen atoms in total. The molecule has 2 aromatic rings. The van der Waals surface area contributed by atoms with E-state index in [4.69, 9.17) is 4.52 Å². The van der Waals surface area contributed by atoms with E-state index < -0.39 is 9.84 Å². The molecule has 128 valence electrons. The second-order valence-electron chi connectivity index (χ2n) is 5.66. The number of sulfone groups is 1. The van der Waals surface area contributed by atoms with Gasteiger partial charge >= 0.3 is 0 Å². The molecule has 1 fully saturated rings. The summed E-state index contributed by atoms with van der Waals surface area (Å²) in [5, 5.41) is 6.78. The quantitative estimate of drug-likeness (QED) is 0.840. The summed E-state index contributed by atoms with van der Waals surface area (Å²) in [5.74, 6) is 1.09. The summed E-state index contributed by atoms with van der Waals surface area (Å²) in [5.41, 5.74) is 1.68. The van der Waals surface area contributed by atoms with Crippen molar-refractivity contribution in [2.75, 3.05) is 17.3 Å². The molecule has 8 heteroatoms. The molecule has 1 amide bonds. The van der Waals surface area contributed by atoms with Crippen LogP contribution in [0.1, 0.15) is 12.2 Å². The number of carbonyl (C=O) groups excluding carboxylic acids is 1. The first-order valence-electron chi connectivity index (χ1n) is 7.61. The van der Waals surface area contributed by atoms with Crippen molar-refractivity contribution >= 4 is 27.5 Å². The van der Waals surface area contributed by atoms with Crippen LogP contribution in [0.4, 0.5) is 0 Å². The van der Waals surface area contributed by atoms with E-state index in [0.717, 1.165) is 11.3 Å². The topological polar surface area (TPSA) is 89.3 Å². The van der Waals surface area contributed by atoms with E-state index >= 15 is 0 Å². The summed E-state index contributed by atoms with van der Waals surface area (Å²) in [7, 11) is -2.90. The zero-order valence-electron chi connectivity index (χ0n) is 13.0. The zero-order chi connectivity index (χ0) is 17.0. The number of amides is 1. The Morgan fingerprint density at radius 1 is 1.33 bits per heavy atom. The molecule has 24 heavy (non-hydrogen) atoms. The number of carbonyl (C=O) groups is 1. The Bertz CT molecular complexity index is 802. The van der Waals surface area contributed by atoms with Gasteiger partial charge in [-0.05, 0) is 6.42 Å². The fourth-order valence-electron chi connectivity index (χ4n) is 2.46. The van der Waals surface area contributed by atoms with Gasteiger partial charge in [-0.15, -0.1) is 11.8 Å². The van der Waals surface area contributed by atoms with E-state index in [1.165, 1.54) is 11.8 Å². The van der Waals surface area contributed by atoms with Crippen molar-refractivity contribution in [1.82, 2.24) is 10.5 Å². The normalized spacial score (nSPS) is 19.2. The van der Waals surface area contributed by atoms with Gasteiger partial charge in [0.1, 0.15) is 5.69 Å². The predicted molar refractivity (Wildman–Crippen MR) is 93.3 cm³/mol. The SMILES string of the molecule is O=C(CS[C@@H]1CCS(=O)(=O)C1)NCc1cc(-c2ccccc2)no1. The van der Waals surface area contributed by atoms with E-state index in [-0.39, 0.29) is 35.0 Å². The van der Waals surface area contributed by atoms with Gasteiger partial charge in [-0.3, -0.25) is 4.79 Å². The number of nitrogens with zero attached hydrogens (tertiary/aromatic N) is 1. The number of nitrogens with one attached hydrogen (secondary N) is 1. The molecule has 1 atom stereocenters. The van der Waals surface area contributed by atoms with Gasteiger partial charge in [0.2, 0.25) is 5.91 Å². The predicted octanol–water partition coefficient (Wildman–Crippen LogP) is 1.88. The van der Waals surface area contributed by atoms with Gasteiger partial charge in [-0.1, -0.05) is 35.5 Å². The van der Waals surface area contributed by atoms with Crippen molar-refractivity contribution in [1.29, 1.82) is 0 Å². The molecular weight excluding hydrogens is 348 g/mol. The Morgan fingerprint density at radius 2 is 2.12 bits per heavy atom. The zero-order valence-corrected chi connectivity index (χ0v) is 14.6. The molecule has 1 aromatic heterocycles. The van der Waals surface area contributed by atoms with Crippen LogP contribution >= 0.6 is 11.8 Å². The maximum Gasteiger partial charge on any atom is 0.230 e. The van der Waals surface area contributed by atoms with Crippen molar-refractivity contribution in [3.8, 4) is 11.3 Å². The van der Waals surface area contributed by atoms with E-state index in [0.29, 0.717) is 12.2 Å². The standard InChI is InChI=1S/C16H18N2O4S2/c19-16(10-23-14-6-7-24(20,21)11-14)17-9-13-8-15(18-22-13)12-4-2-1-3-5-12/h1-5,8,14H,6-7,9-11H2,(H,17,19)/t14-/m1/s1. The van der Waals surface area contributed by atoms with Gasteiger partial charge in [0, 0.05) is 16.9 Å². The number of rotatable bonds is 6. The smallest absolute Gasteiger partial charge is 0.230 e. The number of thioether (sulfide) groups is 1. The summed E-state index contributed by atoms with van der Waals surface area (Å²) < 4.78 is 28.0. The van der Waals surface area contributed by atoms with Gasteiger partial charge in [-0.25, -0.2) is 8.42 Å². The highest BCUT2D eigenvalue weighted by Crippen LogP contribution is 2.24. The first-order valence-corrected chi connectivity index (χ1v) is 10.5. The Hall–Kier alpha value is -1.80. The highest BCUT2D eigenvalue weighted by Gasteiger charge is 2.28. The molecule has 0 spiro atoms. The summed E-state index contributed by atoms with van der Waals surface area (Å²) in [6, 6.07) is 11.4. The molecule has 3 rings (SSSR count). The fourth-order valence-corrected chi connectivity index (χ4v) is 5.94. The third kappa shape index (κ3) is 4.61. The second kappa shape index (κ2) is 7.40. The second-order valence-corrected chi connectivity index (χ2v) is 9.17. The molecule has 1 N–H and O–H groups in total. The van der Waals surface area contributed by atoms with E-state index in [1.807, 2.05) is 30.3 Å². The van der Waals surface area contributed by atoms with Gasteiger partial charge in [0.25, 0.3) is 0 Å². The maximum absolute atomic E-state index is 11.9. The summed E-state index contributed by atoms with van der Waals surface area (Å²) in [6.07, 6.45) is 0.628. The first-order chi connectivity index (χ1) is 11.5. The maximum atomic E-state index is 11.9. The fraction of sp³-hybridized carbons (Fsp3) is 0.375. The average molecular weight is 366 g/mol. The molecule has 1 aliphatic rings. The van der Waals surface area contributed by atoms with Crippen LogP contribution < -0.4 is 5.32 Å². The van der Waals surface area contributed by atoms with Crippen LogP contribution in [0.5, 0.6) is 0 Å². The largest absolute Gasteiger partial charge is 0.359 e. The third-order valence-electron chi connectivity index (χ3n) is 3.73. The lowest BCUT2D eigenvalue weighted by Gasteiger charge is -2.07. The molecule has 0 radical (unpaired) electrons. The number of hydrogen-bond donors (Lipinski definition) is 1. The minimum Gasteiger partial charge on any atom is -0.359 e. The van der Waals surface area contributed by atoms with Crippen LogP contribution in [0.3, 0.4) is 0 Å². The van der Waals surface area contributed by atoms with Crippen molar-refractivity contribution in [3.63, 3.8) is 0 Å². The molecule has 0 bridgehead atoms. The molecule has 1 aromatic carbocycles. The Kier molecular flexibility index (Phi) is 5.25. The Labute approximate surface area is 144 Å². The van der Waals surface area contributed by atoms with Crippen molar-refractivity contribution in [2.24, 2.45) is 0 Å². The lowest BCUT2D eigenvalue weighted by atomic mass is 10.1.